The molecule has 376 valence electrons. The van der Waals surface area contributed by atoms with Gasteiger partial charge in [0.15, 0.2) is 12.4 Å². The number of carbonyl (C=O) groups excluding carboxylic acids is 2. The molecule has 0 bridgehead atoms. The molecule has 0 saturated carbocycles. The maximum absolute atomic E-state index is 12.9. The molecular formula is C51H94O12S. The summed E-state index contributed by atoms with van der Waals surface area (Å²) in [5, 5.41) is 31.0. The zero-order chi connectivity index (χ0) is 46.9. The van der Waals surface area contributed by atoms with Crippen molar-refractivity contribution in [1.82, 2.24) is 0 Å². The summed E-state index contributed by atoms with van der Waals surface area (Å²) in [5.74, 6) is -1.98. The molecule has 4 N–H and O–H groups in total. The van der Waals surface area contributed by atoms with Crippen LogP contribution in [0.5, 0.6) is 0 Å². The van der Waals surface area contributed by atoms with Crippen molar-refractivity contribution >= 4 is 22.1 Å². The Labute approximate surface area is 389 Å². The van der Waals surface area contributed by atoms with Crippen molar-refractivity contribution in [2.75, 3.05) is 19.0 Å². The lowest BCUT2D eigenvalue weighted by molar-refractivity contribution is -0.297. The first-order valence-electron chi connectivity index (χ1n) is 25.9. The van der Waals surface area contributed by atoms with E-state index >= 15 is 0 Å². The molecule has 12 nitrogen and oxygen atoms in total. The van der Waals surface area contributed by atoms with Crippen molar-refractivity contribution in [1.29, 1.82) is 0 Å². The Balaban J connectivity index is 2.37. The Morgan fingerprint density at radius 3 is 1.41 bits per heavy atom. The summed E-state index contributed by atoms with van der Waals surface area (Å²) >= 11 is 0. The molecule has 1 rings (SSSR count). The first-order valence-corrected chi connectivity index (χ1v) is 27.5. The van der Waals surface area contributed by atoms with Crippen LogP contribution in [0.25, 0.3) is 0 Å². The third-order valence-electron chi connectivity index (χ3n) is 12.0. The Bertz CT molecular complexity index is 1270. The zero-order valence-corrected chi connectivity index (χ0v) is 41.2. The predicted octanol–water partition coefficient (Wildman–Crippen LogP) is 11.6. The first-order chi connectivity index (χ1) is 31.0. The second kappa shape index (κ2) is 41.3. The number of aliphatic hydroxyl groups excluding tert-OH is 3. The molecule has 0 aromatic carbocycles. The predicted molar refractivity (Wildman–Crippen MR) is 256 cm³/mol. The van der Waals surface area contributed by atoms with E-state index in [4.69, 9.17) is 18.9 Å². The van der Waals surface area contributed by atoms with Gasteiger partial charge in [0.05, 0.1) is 6.61 Å². The molecule has 1 saturated heterocycles. The normalized spacial score (nSPS) is 19.8. The van der Waals surface area contributed by atoms with Crippen LogP contribution in [0.4, 0.5) is 0 Å². The topological polar surface area (TPSA) is 186 Å². The van der Waals surface area contributed by atoms with Crippen molar-refractivity contribution in [2.45, 2.75) is 269 Å². The summed E-state index contributed by atoms with van der Waals surface area (Å²) in [5.41, 5.74) is 0. The molecule has 0 aromatic rings. The SMILES string of the molecule is CCCCC/C=C/C/C=C/CCCCCCCCCC(=O)O[C@H](COC(=O)CCCCCCCCCCCCCCCCCCCCC)CO[C@H]1O[C@H](CS(=O)(=O)O)[C@@H](O)C(O)C1O. The zero-order valence-electron chi connectivity index (χ0n) is 40.4. The molecule has 1 heterocycles. The number of aliphatic hydroxyl groups is 3. The summed E-state index contributed by atoms with van der Waals surface area (Å²) < 4.78 is 54.2. The smallest absolute Gasteiger partial charge is 0.306 e. The largest absolute Gasteiger partial charge is 0.462 e. The van der Waals surface area contributed by atoms with Crippen LogP contribution in [0.15, 0.2) is 24.3 Å². The second-order valence-electron chi connectivity index (χ2n) is 18.2. The van der Waals surface area contributed by atoms with Gasteiger partial charge in [-0.3, -0.25) is 14.1 Å². The summed E-state index contributed by atoms with van der Waals surface area (Å²) in [6.45, 7) is 3.77. The lowest BCUT2D eigenvalue weighted by atomic mass is 10.00. The van der Waals surface area contributed by atoms with Gasteiger partial charge < -0.3 is 34.3 Å². The monoisotopic (exact) mass is 931 g/mol. The van der Waals surface area contributed by atoms with Crippen LogP contribution >= 0.6 is 0 Å². The molecule has 1 aliphatic rings. The molecule has 13 heteroatoms. The van der Waals surface area contributed by atoms with Gasteiger partial charge in [-0.05, 0) is 44.9 Å². The molecule has 0 spiro atoms. The van der Waals surface area contributed by atoms with E-state index in [9.17, 15) is 37.9 Å². The standard InChI is InChI=1S/C51H94O12S/c1-3-5-7-9-11-13-15-17-19-21-22-24-25-27-29-31-33-35-37-39-46(52)60-41-44(42-61-51-50(56)49(55)48(54)45(63-51)43-64(57,58)59)62-47(53)40-38-36-34-32-30-28-26-23-20-18-16-14-12-10-8-6-4-2/h12,14,18,20,44-45,48-51,54-56H,3-11,13,15-17,19,21-43H2,1-2H3,(H,57,58,59)/b14-12+,20-18+/t44-,45-,48-,49?,50?,51+/m1/s1. The molecule has 6 atom stereocenters. The first kappa shape index (κ1) is 60.1. The van der Waals surface area contributed by atoms with E-state index in [2.05, 4.69) is 38.2 Å². The minimum atomic E-state index is -4.60. The number of rotatable bonds is 44. The molecule has 0 aromatic heterocycles. The maximum atomic E-state index is 12.9. The number of esters is 2. The highest BCUT2D eigenvalue weighted by atomic mass is 32.2. The van der Waals surface area contributed by atoms with Crippen LogP contribution in [0, 0.1) is 0 Å². The van der Waals surface area contributed by atoms with E-state index < -0.39 is 71.2 Å². The third-order valence-corrected chi connectivity index (χ3v) is 12.8. The van der Waals surface area contributed by atoms with E-state index in [0.717, 1.165) is 57.8 Å². The molecule has 0 radical (unpaired) electrons. The highest BCUT2D eigenvalue weighted by Crippen LogP contribution is 2.24. The number of ether oxygens (including phenoxy) is 4. The number of carbonyl (C=O) groups is 2. The lowest BCUT2D eigenvalue weighted by Crippen LogP contribution is -2.60. The van der Waals surface area contributed by atoms with Crippen LogP contribution in [-0.4, -0.2) is 96.0 Å². The van der Waals surface area contributed by atoms with E-state index in [1.165, 1.54) is 135 Å². The summed E-state index contributed by atoms with van der Waals surface area (Å²) in [4.78, 5) is 25.5. The molecule has 1 fully saturated rings. The fourth-order valence-electron chi connectivity index (χ4n) is 8.00. The van der Waals surface area contributed by atoms with Gasteiger partial charge in [-0.2, -0.15) is 8.42 Å². The van der Waals surface area contributed by atoms with Crippen LogP contribution in [0.2, 0.25) is 0 Å². The van der Waals surface area contributed by atoms with Gasteiger partial charge in [0.2, 0.25) is 0 Å². The van der Waals surface area contributed by atoms with Crippen LogP contribution in [0.1, 0.15) is 232 Å². The van der Waals surface area contributed by atoms with Crippen molar-refractivity contribution < 1.29 is 56.8 Å². The molecule has 1 aliphatic heterocycles. The summed E-state index contributed by atoms with van der Waals surface area (Å²) in [6.07, 6.45) is 37.8. The van der Waals surface area contributed by atoms with Gasteiger partial charge in [-0.15, -0.1) is 0 Å². The van der Waals surface area contributed by atoms with E-state index in [0.29, 0.717) is 12.8 Å². The quantitative estimate of drug-likeness (QED) is 0.0196. The molecular weight excluding hydrogens is 837 g/mol. The average molecular weight is 931 g/mol. The van der Waals surface area contributed by atoms with Gasteiger partial charge in [-0.25, -0.2) is 0 Å². The Morgan fingerprint density at radius 2 is 0.938 bits per heavy atom. The van der Waals surface area contributed by atoms with Crippen molar-refractivity contribution in [3.63, 3.8) is 0 Å². The third kappa shape index (κ3) is 35.3. The minimum absolute atomic E-state index is 0.158. The number of hydrogen-bond acceptors (Lipinski definition) is 11. The summed E-state index contributed by atoms with van der Waals surface area (Å²) in [6, 6.07) is 0. The van der Waals surface area contributed by atoms with Gasteiger partial charge in [0.25, 0.3) is 10.1 Å². The van der Waals surface area contributed by atoms with Crippen LogP contribution in [-0.2, 0) is 38.7 Å². The highest BCUT2D eigenvalue weighted by Gasteiger charge is 2.46. The van der Waals surface area contributed by atoms with Crippen molar-refractivity contribution in [3.8, 4) is 0 Å². The minimum Gasteiger partial charge on any atom is -0.462 e. The van der Waals surface area contributed by atoms with Crippen LogP contribution in [0.3, 0.4) is 0 Å². The molecule has 0 aliphatic carbocycles. The van der Waals surface area contributed by atoms with E-state index in [-0.39, 0.29) is 19.4 Å². The van der Waals surface area contributed by atoms with E-state index in [1.807, 2.05) is 0 Å². The Hall–Kier alpha value is -1.87. The number of allylic oxidation sites excluding steroid dienone is 4. The molecule has 2 unspecified atom stereocenters. The van der Waals surface area contributed by atoms with Gasteiger partial charge >= 0.3 is 11.9 Å². The van der Waals surface area contributed by atoms with Gasteiger partial charge in [0.1, 0.15) is 36.8 Å². The van der Waals surface area contributed by atoms with Gasteiger partial charge in [0, 0.05) is 12.8 Å². The fraction of sp³-hybridized carbons (Fsp3) is 0.882. The Kier molecular flexibility index (Phi) is 38.8. The number of hydrogen-bond donors (Lipinski definition) is 4. The highest BCUT2D eigenvalue weighted by molar-refractivity contribution is 7.85. The number of unbranched alkanes of at least 4 members (excludes halogenated alkanes) is 28. The molecule has 64 heavy (non-hydrogen) atoms. The average Bonchev–Trinajstić information content (AvgIpc) is 3.26. The van der Waals surface area contributed by atoms with Crippen molar-refractivity contribution in [2.24, 2.45) is 0 Å². The summed E-state index contributed by atoms with van der Waals surface area (Å²) in [7, 11) is -4.60. The fourth-order valence-corrected chi connectivity index (χ4v) is 8.69. The maximum Gasteiger partial charge on any atom is 0.306 e. The Morgan fingerprint density at radius 1 is 0.531 bits per heavy atom. The van der Waals surface area contributed by atoms with Crippen molar-refractivity contribution in [3.05, 3.63) is 24.3 Å². The van der Waals surface area contributed by atoms with Crippen LogP contribution < -0.4 is 0 Å². The second-order valence-corrected chi connectivity index (χ2v) is 19.7. The lowest BCUT2D eigenvalue weighted by Gasteiger charge is -2.40. The molecule has 0 amide bonds. The van der Waals surface area contributed by atoms with Gasteiger partial charge in [-0.1, -0.05) is 199 Å². The van der Waals surface area contributed by atoms with E-state index in [1.54, 1.807) is 0 Å².